The van der Waals surface area contributed by atoms with Crippen molar-refractivity contribution in [2.75, 3.05) is 26.7 Å². The number of aliphatic imine (C=N–C) groups is 1. The van der Waals surface area contributed by atoms with Gasteiger partial charge in [0.05, 0.1) is 0 Å². The van der Waals surface area contributed by atoms with Crippen molar-refractivity contribution in [1.29, 1.82) is 0 Å². The number of sulfonamides is 1. The third-order valence-corrected chi connectivity index (χ3v) is 5.63. The number of guanidine groups is 1. The maximum Gasteiger partial charge on any atom is 0.252 e. The fourth-order valence-corrected chi connectivity index (χ4v) is 3.69. The van der Waals surface area contributed by atoms with Gasteiger partial charge in [0.25, 0.3) is 10.0 Å². The maximum absolute atomic E-state index is 12.1. The van der Waals surface area contributed by atoms with Crippen LogP contribution < -0.4 is 11.1 Å². The van der Waals surface area contributed by atoms with Crippen LogP contribution in [0.15, 0.2) is 26.7 Å². The second kappa shape index (κ2) is 9.53. The molecule has 1 aromatic rings. The highest BCUT2D eigenvalue weighted by molar-refractivity contribution is 14.0. The van der Waals surface area contributed by atoms with Crippen LogP contribution in [0.3, 0.4) is 0 Å². The summed E-state index contributed by atoms with van der Waals surface area (Å²) in [4.78, 5) is 4.07. The predicted octanol–water partition coefficient (Wildman–Crippen LogP) is 1.30. The van der Waals surface area contributed by atoms with E-state index in [2.05, 4.69) is 10.3 Å². The van der Waals surface area contributed by atoms with Gasteiger partial charge in [0.15, 0.2) is 5.96 Å². The van der Waals surface area contributed by atoms with Crippen molar-refractivity contribution >= 4 is 51.3 Å². The van der Waals surface area contributed by atoms with Crippen LogP contribution in [0, 0.1) is 0 Å². The van der Waals surface area contributed by atoms with Crippen molar-refractivity contribution in [3.8, 4) is 0 Å². The molecular formula is C11H21IN4O2S2. The summed E-state index contributed by atoms with van der Waals surface area (Å²) >= 11 is 1.21. The summed E-state index contributed by atoms with van der Waals surface area (Å²) in [6, 6.07) is 3.32. The number of nitrogens with zero attached hydrogens (tertiary/aromatic N) is 2. The molecule has 20 heavy (non-hydrogen) atoms. The Bertz CT molecular complexity index is 503. The van der Waals surface area contributed by atoms with Crippen LogP contribution in [0.2, 0.25) is 0 Å². The molecule has 0 aliphatic rings. The maximum atomic E-state index is 12.1. The zero-order chi connectivity index (χ0) is 14.3. The Hall–Kier alpha value is -0.390. The normalized spacial score (nSPS) is 12.2. The lowest BCUT2D eigenvalue weighted by Gasteiger charge is -2.16. The van der Waals surface area contributed by atoms with Crippen LogP contribution in [-0.2, 0) is 10.0 Å². The third-order valence-electron chi connectivity index (χ3n) is 2.40. The highest BCUT2D eigenvalue weighted by atomic mass is 127. The van der Waals surface area contributed by atoms with E-state index in [4.69, 9.17) is 5.73 Å². The summed E-state index contributed by atoms with van der Waals surface area (Å²) in [6.45, 7) is 3.45. The Labute approximate surface area is 141 Å². The summed E-state index contributed by atoms with van der Waals surface area (Å²) in [5.41, 5.74) is 5.62. The van der Waals surface area contributed by atoms with Gasteiger partial charge in [0.1, 0.15) is 4.21 Å². The monoisotopic (exact) mass is 432 g/mol. The van der Waals surface area contributed by atoms with Gasteiger partial charge in [0.2, 0.25) is 0 Å². The standard InChI is InChI=1S/C11H20N4O2S2.HI/c1-3-6-13-11(12)14-7-8-15(2)19(16,17)10-5-4-9-18-10;/h4-5,9H,3,6-8H2,1-2H3,(H3,12,13,14);1H. The van der Waals surface area contributed by atoms with E-state index in [1.807, 2.05) is 6.92 Å². The fourth-order valence-electron chi connectivity index (χ4n) is 1.31. The van der Waals surface area contributed by atoms with Crippen molar-refractivity contribution in [1.82, 2.24) is 9.62 Å². The Morgan fingerprint density at radius 3 is 2.80 bits per heavy atom. The number of hydrogen-bond donors (Lipinski definition) is 2. The molecule has 0 amide bonds. The molecule has 6 nitrogen and oxygen atoms in total. The lowest BCUT2D eigenvalue weighted by atomic mass is 10.5. The molecular weight excluding hydrogens is 411 g/mol. The number of rotatable bonds is 7. The van der Waals surface area contributed by atoms with Gasteiger partial charge < -0.3 is 11.1 Å². The molecule has 0 spiro atoms. The van der Waals surface area contributed by atoms with Crippen LogP contribution in [0.1, 0.15) is 13.3 Å². The molecule has 1 rings (SSSR count). The molecule has 1 aromatic heterocycles. The van der Waals surface area contributed by atoms with Gasteiger partial charge in [0, 0.05) is 26.7 Å². The summed E-state index contributed by atoms with van der Waals surface area (Å²) in [5, 5.41) is 4.64. The quantitative estimate of drug-likeness (QED) is 0.386. The van der Waals surface area contributed by atoms with Crippen molar-refractivity contribution in [2.45, 2.75) is 17.6 Å². The number of halogens is 1. The minimum Gasteiger partial charge on any atom is -0.370 e. The van der Waals surface area contributed by atoms with Crippen molar-refractivity contribution < 1.29 is 8.42 Å². The number of hydrogen-bond acceptors (Lipinski definition) is 4. The van der Waals surface area contributed by atoms with Gasteiger partial charge in [-0.25, -0.2) is 8.42 Å². The van der Waals surface area contributed by atoms with Crippen LogP contribution >= 0.6 is 35.3 Å². The molecule has 0 saturated carbocycles. The average molecular weight is 432 g/mol. The van der Waals surface area contributed by atoms with Crippen LogP contribution in [0.5, 0.6) is 0 Å². The van der Waals surface area contributed by atoms with E-state index in [1.54, 1.807) is 24.6 Å². The van der Waals surface area contributed by atoms with Gasteiger partial charge in [-0.1, -0.05) is 13.0 Å². The lowest BCUT2D eigenvalue weighted by Crippen LogP contribution is -2.39. The van der Waals surface area contributed by atoms with E-state index < -0.39 is 10.0 Å². The van der Waals surface area contributed by atoms with E-state index >= 15 is 0 Å². The SMILES string of the molecule is CCCN=C(N)NCCN(C)S(=O)(=O)c1cccs1.I. The molecule has 3 N–H and O–H groups in total. The number of thiophene rings is 1. The Balaban J connectivity index is 0.00000361. The first-order valence-corrected chi connectivity index (χ1v) is 8.34. The zero-order valence-electron chi connectivity index (χ0n) is 11.6. The Morgan fingerprint density at radius 2 is 2.25 bits per heavy atom. The van der Waals surface area contributed by atoms with Crippen LogP contribution in [0.25, 0.3) is 0 Å². The van der Waals surface area contributed by atoms with Gasteiger partial charge in [-0.2, -0.15) is 4.31 Å². The zero-order valence-corrected chi connectivity index (χ0v) is 15.5. The summed E-state index contributed by atoms with van der Waals surface area (Å²) in [7, 11) is -1.83. The van der Waals surface area contributed by atoms with E-state index in [-0.39, 0.29) is 24.0 Å². The molecule has 9 heteroatoms. The largest absolute Gasteiger partial charge is 0.370 e. The fraction of sp³-hybridized carbons (Fsp3) is 0.545. The van der Waals surface area contributed by atoms with Gasteiger partial charge >= 0.3 is 0 Å². The van der Waals surface area contributed by atoms with Crippen molar-refractivity contribution in [3.63, 3.8) is 0 Å². The Morgan fingerprint density at radius 1 is 1.55 bits per heavy atom. The minimum atomic E-state index is -3.38. The molecule has 0 aliphatic carbocycles. The minimum absolute atomic E-state index is 0. The molecule has 0 bridgehead atoms. The van der Waals surface area contributed by atoms with E-state index in [0.29, 0.717) is 29.8 Å². The second-order valence-corrected chi connectivity index (χ2v) is 7.17. The number of nitrogens with one attached hydrogen (secondary N) is 1. The summed E-state index contributed by atoms with van der Waals surface area (Å²) in [6.07, 6.45) is 0.926. The highest BCUT2D eigenvalue weighted by Crippen LogP contribution is 2.19. The first-order chi connectivity index (χ1) is 8.98. The van der Waals surface area contributed by atoms with E-state index in [9.17, 15) is 8.42 Å². The summed E-state index contributed by atoms with van der Waals surface area (Å²) in [5.74, 6) is 0.351. The average Bonchev–Trinajstić information content (AvgIpc) is 2.90. The molecule has 0 saturated heterocycles. The molecule has 0 radical (unpaired) electrons. The summed E-state index contributed by atoms with van der Waals surface area (Å²) < 4.78 is 25.8. The van der Waals surface area contributed by atoms with Crippen molar-refractivity contribution in [2.24, 2.45) is 10.7 Å². The van der Waals surface area contributed by atoms with Gasteiger partial charge in [-0.05, 0) is 17.9 Å². The lowest BCUT2D eigenvalue weighted by molar-refractivity contribution is 0.472. The predicted molar refractivity (Wildman–Crippen MR) is 94.3 cm³/mol. The molecule has 0 aromatic carbocycles. The Kier molecular flexibility index (Phi) is 9.34. The second-order valence-electron chi connectivity index (χ2n) is 3.95. The molecule has 1 heterocycles. The van der Waals surface area contributed by atoms with Crippen molar-refractivity contribution in [3.05, 3.63) is 17.5 Å². The molecule has 0 aliphatic heterocycles. The highest BCUT2D eigenvalue weighted by Gasteiger charge is 2.20. The third kappa shape index (κ3) is 5.94. The smallest absolute Gasteiger partial charge is 0.252 e. The van der Waals surface area contributed by atoms with Crippen LogP contribution in [-0.4, -0.2) is 45.4 Å². The molecule has 0 fully saturated rings. The molecule has 116 valence electrons. The van der Waals surface area contributed by atoms with Crippen LogP contribution in [0.4, 0.5) is 0 Å². The van der Waals surface area contributed by atoms with E-state index in [1.165, 1.54) is 15.6 Å². The van der Waals surface area contributed by atoms with E-state index in [0.717, 1.165) is 6.42 Å². The number of nitrogens with two attached hydrogens (primary N) is 1. The molecule has 0 atom stereocenters. The van der Waals surface area contributed by atoms with Gasteiger partial charge in [-0.15, -0.1) is 35.3 Å². The number of likely N-dealkylation sites (N-methyl/N-ethyl adjacent to an activating group) is 1. The first kappa shape index (κ1) is 19.6. The topological polar surface area (TPSA) is 87.8 Å². The molecule has 0 unspecified atom stereocenters. The van der Waals surface area contributed by atoms with Gasteiger partial charge in [-0.3, -0.25) is 4.99 Å². The first-order valence-electron chi connectivity index (χ1n) is 6.02.